The minimum absolute atomic E-state index is 0.255. The number of carbonyl (C=O) groups is 1. The van der Waals surface area contributed by atoms with E-state index in [-0.39, 0.29) is 5.41 Å². The SMILES string of the molecule is C[C@H](NC(=O)C12C[C@@H]3C[C@H](CC(O)(C3)C1)C2)C12CC3CC(CC(C3)C1)C2. The summed E-state index contributed by atoms with van der Waals surface area (Å²) in [5, 5.41) is 14.6. The number of rotatable bonds is 3. The fraction of sp³-hybridized carbons (Fsp3) is 0.957. The maximum Gasteiger partial charge on any atom is 0.226 e. The van der Waals surface area contributed by atoms with Crippen LogP contribution < -0.4 is 5.32 Å². The molecule has 0 spiro atoms. The normalized spacial score (nSPS) is 57.4. The van der Waals surface area contributed by atoms with Crippen LogP contribution in [0.25, 0.3) is 0 Å². The first-order valence-corrected chi connectivity index (χ1v) is 11.4. The van der Waals surface area contributed by atoms with Gasteiger partial charge in [0.1, 0.15) is 0 Å². The second-order valence-corrected chi connectivity index (χ2v) is 11.9. The summed E-state index contributed by atoms with van der Waals surface area (Å²) in [7, 11) is 0. The predicted octanol–water partition coefficient (Wildman–Crippen LogP) is 4.04. The van der Waals surface area contributed by atoms with Crippen molar-refractivity contribution >= 4 is 5.91 Å². The van der Waals surface area contributed by atoms with Crippen LogP contribution in [0.4, 0.5) is 0 Å². The van der Waals surface area contributed by atoms with Gasteiger partial charge in [-0.25, -0.2) is 0 Å². The lowest BCUT2D eigenvalue weighted by molar-refractivity contribution is -0.180. The Morgan fingerprint density at radius 2 is 1.35 bits per heavy atom. The van der Waals surface area contributed by atoms with Crippen molar-refractivity contribution in [2.75, 3.05) is 0 Å². The number of hydrogen-bond donors (Lipinski definition) is 2. The fourth-order valence-electron chi connectivity index (χ4n) is 9.69. The summed E-state index contributed by atoms with van der Waals surface area (Å²) in [5.41, 5.74) is -0.412. The molecular weight excluding hydrogens is 322 g/mol. The largest absolute Gasteiger partial charge is 0.390 e. The Morgan fingerprint density at radius 1 is 0.846 bits per heavy atom. The van der Waals surface area contributed by atoms with Crippen molar-refractivity contribution in [1.82, 2.24) is 5.32 Å². The molecule has 0 aromatic heterocycles. The average Bonchev–Trinajstić information content (AvgIpc) is 2.51. The van der Waals surface area contributed by atoms with E-state index in [1.54, 1.807) is 0 Å². The molecule has 8 saturated carbocycles. The van der Waals surface area contributed by atoms with Crippen molar-refractivity contribution in [3.63, 3.8) is 0 Å². The molecule has 0 aromatic rings. The molecule has 0 radical (unpaired) electrons. The van der Waals surface area contributed by atoms with Crippen LogP contribution in [-0.4, -0.2) is 22.7 Å². The molecule has 8 aliphatic carbocycles. The van der Waals surface area contributed by atoms with E-state index in [0.717, 1.165) is 49.9 Å². The van der Waals surface area contributed by atoms with Crippen molar-refractivity contribution in [3.05, 3.63) is 0 Å². The molecule has 8 aliphatic rings. The van der Waals surface area contributed by atoms with Crippen molar-refractivity contribution in [2.45, 2.75) is 95.6 Å². The first kappa shape index (κ1) is 16.4. The molecule has 0 aromatic carbocycles. The molecule has 1 amide bonds. The lowest BCUT2D eigenvalue weighted by Gasteiger charge is -2.61. The quantitative estimate of drug-likeness (QED) is 0.801. The highest BCUT2D eigenvalue weighted by atomic mass is 16.3. The van der Waals surface area contributed by atoms with Gasteiger partial charge < -0.3 is 10.4 Å². The van der Waals surface area contributed by atoms with Gasteiger partial charge in [-0.3, -0.25) is 4.79 Å². The molecule has 0 aliphatic heterocycles. The number of amides is 1. The summed E-state index contributed by atoms with van der Waals surface area (Å²) < 4.78 is 0. The number of nitrogens with one attached hydrogen (secondary N) is 1. The number of hydrogen-bond acceptors (Lipinski definition) is 2. The molecule has 3 atom stereocenters. The molecule has 0 saturated heterocycles. The van der Waals surface area contributed by atoms with Gasteiger partial charge in [0, 0.05) is 6.04 Å². The maximum atomic E-state index is 13.5. The second kappa shape index (κ2) is 5.07. The Balaban J connectivity index is 1.22. The third-order valence-electron chi connectivity index (χ3n) is 9.86. The van der Waals surface area contributed by atoms with E-state index in [1.807, 2.05) is 0 Å². The Bertz CT molecular complexity index is 591. The zero-order valence-electron chi connectivity index (χ0n) is 16.3. The summed E-state index contributed by atoms with van der Waals surface area (Å²) in [6.07, 6.45) is 14.4. The smallest absolute Gasteiger partial charge is 0.226 e. The second-order valence-electron chi connectivity index (χ2n) is 11.9. The van der Waals surface area contributed by atoms with E-state index in [9.17, 15) is 9.90 Å². The molecule has 8 bridgehead atoms. The standard InChI is InChI=1S/C23H35NO2/c1-14(21-6-15-2-16(7-21)4-17(3-15)8-21)24-20(25)22-9-18-5-19(10-22)12-23(26,11-18)13-22/h14-19,26H,2-13H2,1H3,(H,24,25)/t14-,15?,16?,17?,18-,19-,21?,22?,23?/m0/s1. The van der Waals surface area contributed by atoms with Gasteiger partial charge in [-0.15, -0.1) is 0 Å². The zero-order valence-corrected chi connectivity index (χ0v) is 16.3. The monoisotopic (exact) mass is 357 g/mol. The molecule has 8 rings (SSSR count). The third kappa shape index (κ3) is 2.25. The van der Waals surface area contributed by atoms with Crippen molar-refractivity contribution in [1.29, 1.82) is 0 Å². The Labute approximate surface area is 157 Å². The molecule has 3 heteroatoms. The van der Waals surface area contributed by atoms with E-state index in [1.165, 1.54) is 44.9 Å². The van der Waals surface area contributed by atoms with Gasteiger partial charge in [-0.05, 0) is 119 Å². The summed E-state index contributed by atoms with van der Waals surface area (Å²) in [6.45, 7) is 2.31. The summed E-state index contributed by atoms with van der Waals surface area (Å²) in [5.74, 6) is 4.26. The highest BCUT2D eigenvalue weighted by Crippen LogP contribution is 2.63. The summed E-state index contributed by atoms with van der Waals surface area (Å²) >= 11 is 0. The van der Waals surface area contributed by atoms with Crippen LogP contribution in [0.3, 0.4) is 0 Å². The molecule has 8 fully saturated rings. The Hall–Kier alpha value is -0.570. The van der Waals surface area contributed by atoms with Crippen LogP contribution >= 0.6 is 0 Å². The van der Waals surface area contributed by atoms with Gasteiger partial charge in [-0.2, -0.15) is 0 Å². The molecule has 26 heavy (non-hydrogen) atoms. The first-order chi connectivity index (χ1) is 12.4. The van der Waals surface area contributed by atoms with Crippen LogP contribution in [-0.2, 0) is 4.79 Å². The van der Waals surface area contributed by atoms with Crippen LogP contribution in [0.5, 0.6) is 0 Å². The highest BCUT2D eigenvalue weighted by molar-refractivity contribution is 5.83. The van der Waals surface area contributed by atoms with Crippen LogP contribution in [0.15, 0.2) is 0 Å². The van der Waals surface area contributed by atoms with Gasteiger partial charge >= 0.3 is 0 Å². The molecule has 3 nitrogen and oxygen atoms in total. The zero-order chi connectivity index (χ0) is 17.7. The predicted molar refractivity (Wildman–Crippen MR) is 100 cm³/mol. The minimum atomic E-state index is -0.536. The molecule has 144 valence electrons. The summed E-state index contributed by atoms with van der Waals surface area (Å²) in [4.78, 5) is 13.5. The van der Waals surface area contributed by atoms with Gasteiger partial charge in [-0.1, -0.05) is 0 Å². The lowest BCUT2D eigenvalue weighted by atomic mass is 9.47. The van der Waals surface area contributed by atoms with Gasteiger partial charge in [0.05, 0.1) is 11.0 Å². The lowest BCUT2D eigenvalue weighted by Crippen LogP contribution is -2.63. The van der Waals surface area contributed by atoms with Crippen LogP contribution in [0, 0.1) is 40.4 Å². The Morgan fingerprint density at radius 3 is 1.85 bits per heavy atom. The first-order valence-electron chi connectivity index (χ1n) is 11.4. The maximum absolute atomic E-state index is 13.5. The number of aliphatic hydroxyl groups is 1. The molecular formula is C23H35NO2. The summed E-state index contributed by atoms with van der Waals surface area (Å²) in [6, 6.07) is 0.311. The van der Waals surface area contributed by atoms with E-state index in [2.05, 4.69) is 12.2 Å². The average molecular weight is 358 g/mol. The van der Waals surface area contributed by atoms with Crippen molar-refractivity contribution in [2.24, 2.45) is 40.4 Å². The highest BCUT2D eigenvalue weighted by Gasteiger charge is 2.61. The molecule has 2 N–H and O–H groups in total. The van der Waals surface area contributed by atoms with E-state index in [4.69, 9.17) is 0 Å². The number of carbonyl (C=O) groups excluding carboxylic acids is 1. The van der Waals surface area contributed by atoms with E-state index >= 15 is 0 Å². The third-order valence-corrected chi connectivity index (χ3v) is 9.86. The fourth-order valence-corrected chi connectivity index (χ4v) is 9.69. The molecule has 0 heterocycles. The van der Waals surface area contributed by atoms with E-state index < -0.39 is 5.60 Å². The van der Waals surface area contributed by atoms with Gasteiger partial charge in [0.15, 0.2) is 0 Å². The van der Waals surface area contributed by atoms with E-state index in [0.29, 0.717) is 29.2 Å². The van der Waals surface area contributed by atoms with Crippen molar-refractivity contribution in [3.8, 4) is 0 Å². The van der Waals surface area contributed by atoms with Crippen LogP contribution in [0.2, 0.25) is 0 Å². The Kier molecular flexibility index (Phi) is 3.20. The van der Waals surface area contributed by atoms with Crippen molar-refractivity contribution < 1.29 is 9.90 Å². The van der Waals surface area contributed by atoms with Crippen LogP contribution in [0.1, 0.15) is 84.0 Å². The topological polar surface area (TPSA) is 49.3 Å². The van der Waals surface area contributed by atoms with Gasteiger partial charge in [0.2, 0.25) is 5.91 Å². The minimum Gasteiger partial charge on any atom is -0.390 e. The molecule has 0 unspecified atom stereocenters. The van der Waals surface area contributed by atoms with Gasteiger partial charge in [0.25, 0.3) is 0 Å².